The molecule has 1 amide bonds. The van der Waals surface area contributed by atoms with Crippen molar-refractivity contribution in [3.05, 3.63) is 23.3 Å². The molecule has 1 unspecified atom stereocenters. The van der Waals surface area contributed by atoms with E-state index in [-0.39, 0.29) is 12.7 Å². The highest BCUT2D eigenvalue weighted by atomic mass is 16.7. The van der Waals surface area contributed by atoms with Gasteiger partial charge in [0.25, 0.3) is 5.91 Å². The molecule has 0 aliphatic carbocycles. The molecule has 1 aromatic rings. The molecule has 92 valence electrons. The Labute approximate surface area is 98.8 Å². The molecule has 0 saturated heterocycles. The van der Waals surface area contributed by atoms with E-state index in [1.54, 1.807) is 0 Å². The predicted molar refractivity (Wildman–Crippen MR) is 61.3 cm³/mol. The number of nitrogens with two attached hydrogens (primary N) is 2. The molecule has 0 radical (unpaired) electrons. The van der Waals surface area contributed by atoms with Crippen LogP contribution in [0.3, 0.4) is 0 Å². The summed E-state index contributed by atoms with van der Waals surface area (Å²) in [6.07, 6.45) is 0.408. The summed E-state index contributed by atoms with van der Waals surface area (Å²) in [7, 11) is 0. The average molecular weight is 237 g/mol. The zero-order valence-corrected chi connectivity index (χ0v) is 9.53. The molecular weight excluding hydrogens is 222 g/mol. The van der Waals surface area contributed by atoms with Gasteiger partial charge in [-0.25, -0.2) is 5.84 Å². The third kappa shape index (κ3) is 2.32. The second-order valence-electron chi connectivity index (χ2n) is 3.95. The molecule has 0 bridgehead atoms. The number of hydrogen-bond acceptors (Lipinski definition) is 5. The van der Waals surface area contributed by atoms with Gasteiger partial charge in [-0.1, -0.05) is 0 Å². The highest BCUT2D eigenvalue weighted by molar-refractivity contribution is 5.81. The van der Waals surface area contributed by atoms with Gasteiger partial charge in [-0.05, 0) is 36.6 Å². The van der Waals surface area contributed by atoms with Gasteiger partial charge in [0.15, 0.2) is 11.5 Å². The van der Waals surface area contributed by atoms with E-state index in [9.17, 15) is 4.79 Å². The zero-order chi connectivity index (χ0) is 12.4. The normalized spacial score (nSPS) is 14.5. The van der Waals surface area contributed by atoms with Crippen molar-refractivity contribution in [1.82, 2.24) is 5.43 Å². The minimum absolute atomic E-state index is 0.230. The maximum Gasteiger partial charge on any atom is 0.251 e. The number of rotatable bonds is 3. The average Bonchev–Trinajstić information content (AvgIpc) is 2.75. The van der Waals surface area contributed by atoms with E-state index in [1.807, 2.05) is 24.5 Å². The van der Waals surface area contributed by atoms with E-state index in [2.05, 4.69) is 0 Å². The summed E-state index contributed by atoms with van der Waals surface area (Å²) in [5, 5.41) is 0. The van der Waals surface area contributed by atoms with Crippen molar-refractivity contribution in [2.75, 3.05) is 6.79 Å². The van der Waals surface area contributed by atoms with Gasteiger partial charge in [0, 0.05) is 0 Å². The van der Waals surface area contributed by atoms with Crippen molar-refractivity contribution in [2.24, 2.45) is 11.6 Å². The predicted octanol–water partition coefficient (Wildman–Crippen LogP) is -0.417. The molecular formula is C11H15N3O3. The second-order valence-corrected chi connectivity index (χ2v) is 3.95. The van der Waals surface area contributed by atoms with Crippen LogP contribution in [-0.2, 0) is 11.2 Å². The van der Waals surface area contributed by atoms with Crippen LogP contribution in [0.25, 0.3) is 0 Å². The number of ether oxygens (including phenoxy) is 2. The fourth-order valence-corrected chi connectivity index (χ4v) is 1.74. The molecule has 6 nitrogen and oxygen atoms in total. The van der Waals surface area contributed by atoms with Crippen molar-refractivity contribution in [3.63, 3.8) is 0 Å². The molecule has 1 atom stereocenters. The molecule has 1 aliphatic heterocycles. The molecule has 1 aliphatic rings. The van der Waals surface area contributed by atoms with Crippen LogP contribution in [0.4, 0.5) is 0 Å². The van der Waals surface area contributed by atoms with Crippen molar-refractivity contribution >= 4 is 5.91 Å². The Hall–Kier alpha value is -1.79. The van der Waals surface area contributed by atoms with Crippen LogP contribution >= 0.6 is 0 Å². The van der Waals surface area contributed by atoms with Crippen LogP contribution < -0.4 is 26.5 Å². The molecule has 0 spiro atoms. The van der Waals surface area contributed by atoms with E-state index in [1.165, 1.54) is 0 Å². The Bertz CT molecular complexity index is 448. The lowest BCUT2D eigenvalue weighted by Gasteiger charge is -2.12. The zero-order valence-electron chi connectivity index (χ0n) is 9.53. The maximum atomic E-state index is 11.2. The van der Waals surface area contributed by atoms with Gasteiger partial charge in [0.1, 0.15) is 0 Å². The van der Waals surface area contributed by atoms with Crippen LogP contribution in [0.5, 0.6) is 11.5 Å². The van der Waals surface area contributed by atoms with Gasteiger partial charge in [0.05, 0.1) is 6.04 Å². The summed E-state index contributed by atoms with van der Waals surface area (Å²) in [5.41, 5.74) is 9.70. The number of hydrogen-bond donors (Lipinski definition) is 3. The van der Waals surface area contributed by atoms with Crippen molar-refractivity contribution in [2.45, 2.75) is 19.4 Å². The van der Waals surface area contributed by atoms with Crippen LogP contribution in [0, 0.1) is 6.92 Å². The summed E-state index contributed by atoms with van der Waals surface area (Å²) in [4.78, 5) is 11.2. The fourth-order valence-electron chi connectivity index (χ4n) is 1.74. The van der Waals surface area contributed by atoms with Crippen molar-refractivity contribution < 1.29 is 14.3 Å². The van der Waals surface area contributed by atoms with Gasteiger partial charge in [-0.15, -0.1) is 0 Å². The Morgan fingerprint density at radius 3 is 2.76 bits per heavy atom. The lowest BCUT2D eigenvalue weighted by Crippen LogP contribution is -2.45. The van der Waals surface area contributed by atoms with Crippen LogP contribution in [-0.4, -0.2) is 18.7 Å². The number of hydrazine groups is 1. The topological polar surface area (TPSA) is 99.6 Å². The first-order valence-corrected chi connectivity index (χ1v) is 5.27. The molecule has 2 rings (SSSR count). The lowest BCUT2D eigenvalue weighted by atomic mass is 10.0. The number of carbonyl (C=O) groups is 1. The first kappa shape index (κ1) is 11.7. The monoisotopic (exact) mass is 237 g/mol. The summed E-state index contributed by atoms with van der Waals surface area (Å²) in [5.74, 6) is 6.05. The van der Waals surface area contributed by atoms with Crippen LogP contribution in [0.15, 0.2) is 12.1 Å². The van der Waals surface area contributed by atoms with E-state index in [4.69, 9.17) is 21.1 Å². The van der Waals surface area contributed by atoms with Crippen LogP contribution in [0.2, 0.25) is 0 Å². The molecule has 17 heavy (non-hydrogen) atoms. The maximum absolute atomic E-state index is 11.2. The standard InChI is InChI=1S/C11H15N3O3/c1-6-2-9-10(17-5-16-9)4-7(6)3-8(12)11(15)14-13/h2,4,8H,3,5,12-13H2,1H3,(H,14,15). The third-order valence-electron chi connectivity index (χ3n) is 2.75. The lowest BCUT2D eigenvalue weighted by molar-refractivity contribution is -0.122. The van der Waals surface area contributed by atoms with Crippen LogP contribution in [0.1, 0.15) is 11.1 Å². The Balaban J connectivity index is 2.19. The summed E-state index contributed by atoms with van der Waals surface area (Å²) < 4.78 is 10.5. The fraction of sp³-hybridized carbons (Fsp3) is 0.364. The Kier molecular flexibility index (Phi) is 3.16. The van der Waals surface area contributed by atoms with Crippen molar-refractivity contribution in [1.29, 1.82) is 0 Å². The molecule has 6 heteroatoms. The summed E-state index contributed by atoms with van der Waals surface area (Å²) in [6, 6.07) is 3.06. The van der Waals surface area contributed by atoms with E-state index in [0.717, 1.165) is 16.9 Å². The molecule has 0 saturated carbocycles. The first-order chi connectivity index (χ1) is 8.11. The third-order valence-corrected chi connectivity index (χ3v) is 2.75. The Morgan fingerprint density at radius 1 is 1.47 bits per heavy atom. The quantitative estimate of drug-likeness (QED) is 0.377. The first-order valence-electron chi connectivity index (χ1n) is 5.27. The van der Waals surface area contributed by atoms with Crippen molar-refractivity contribution in [3.8, 4) is 11.5 Å². The minimum Gasteiger partial charge on any atom is -0.454 e. The summed E-state index contributed by atoms with van der Waals surface area (Å²) >= 11 is 0. The highest BCUT2D eigenvalue weighted by Gasteiger charge is 2.19. The number of benzene rings is 1. The molecule has 5 N–H and O–H groups in total. The van der Waals surface area contributed by atoms with Gasteiger partial charge in [-0.2, -0.15) is 0 Å². The number of carbonyl (C=O) groups excluding carboxylic acids is 1. The van der Waals surface area contributed by atoms with Gasteiger partial charge in [-0.3, -0.25) is 10.2 Å². The van der Waals surface area contributed by atoms with Gasteiger partial charge < -0.3 is 15.2 Å². The number of fused-ring (bicyclic) bond motifs is 1. The minimum atomic E-state index is -0.668. The molecule has 1 aromatic carbocycles. The highest BCUT2D eigenvalue weighted by Crippen LogP contribution is 2.34. The number of nitrogens with one attached hydrogen (secondary N) is 1. The van der Waals surface area contributed by atoms with E-state index >= 15 is 0 Å². The molecule has 0 aromatic heterocycles. The smallest absolute Gasteiger partial charge is 0.251 e. The molecule has 0 fully saturated rings. The van der Waals surface area contributed by atoms with E-state index < -0.39 is 6.04 Å². The number of amides is 1. The summed E-state index contributed by atoms with van der Waals surface area (Å²) in [6.45, 7) is 2.16. The largest absolute Gasteiger partial charge is 0.454 e. The number of aryl methyl sites for hydroxylation is 1. The van der Waals surface area contributed by atoms with Gasteiger partial charge in [0.2, 0.25) is 6.79 Å². The molecule has 1 heterocycles. The SMILES string of the molecule is Cc1cc2c(cc1CC(N)C(=O)NN)OCO2. The Morgan fingerprint density at radius 2 is 2.12 bits per heavy atom. The van der Waals surface area contributed by atoms with E-state index in [0.29, 0.717) is 12.2 Å². The van der Waals surface area contributed by atoms with Gasteiger partial charge >= 0.3 is 0 Å². The second kappa shape index (κ2) is 4.60.